The molecule has 0 saturated heterocycles. The van der Waals surface area contributed by atoms with Crippen LogP contribution in [0.25, 0.3) is 5.69 Å². The minimum absolute atomic E-state index is 0.0597. The first-order chi connectivity index (χ1) is 10.4. The average molecular weight is 319 g/mol. The Morgan fingerprint density at radius 2 is 2.05 bits per heavy atom. The molecule has 0 radical (unpaired) electrons. The van der Waals surface area contributed by atoms with Gasteiger partial charge in [0, 0.05) is 13.5 Å². The number of benzene rings is 1. The van der Waals surface area contributed by atoms with Gasteiger partial charge < -0.3 is 16.0 Å². The summed E-state index contributed by atoms with van der Waals surface area (Å²) in [7, 11) is 0. The van der Waals surface area contributed by atoms with Crippen LogP contribution >= 0.6 is 12.2 Å². The standard InChI is InChI=1S/C13H13N5O3S/c1-7(19)15-6-8-2-4-9(5-3-8)18-12(20)10(17-21)11(14)16-13(18)22/h2-5H,6,14H2,1H3,(H,15,19)(H,16,22). The quantitative estimate of drug-likeness (QED) is 0.582. The van der Waals surface area contributed by atoms with Crippen molar-refractivity contribution in [3.05, 3.63) is 49.9 Å². The molecular formula is C13H13N5O3S. The first kappa shape index (κ1) is 15.6. The molecule has 0 aliphatic rings. The van der Waals surface area contributed by atoms with Crippen molar-refractivity contribution >= 4 is 29.6 Å². The van der Waals surface area contributed by atoms with Crippen molar-refractivity contribution in [2.45, 2.75) is 13.5 Å². The maximum atomic E-state index is 12.2. The van der Waals surface area contributed by atoms with Crippen LogP contribution in [-0.4, -0.2) is 15.5 Å². The lowest BCUT2D eigenvalue weighted by Crippen LogP contribution is -2.21. The zero-order valence-corrected chi connectivity index (χ0v) is 12.4. The number of rotatable bonds is 4. The summed E-state index contributed by atoms with van der Waals surface area (Å²) in [5.41, 5.74) is 5.71. The number of nitrogen functional groups attached to an aromatic ring is 1. The molecular weight excluding hydrogens is 306 g/mol. The second kappa shape index (κ2) is 6.31. The molecule has 9 heteroatoms. The molecule has 1 aromatic heterocycles. The van der Waals surface area contributed by atoms with Crippen molar-refractivity contribution < 1.29 is 4.79 Å². The lowest BCUT2D eigenvalue weighted by molar-refractivity contribution is -0.119. The Hall–Kier alpha value is -2.81. The van der Waals surface area contributed by atoms with Crippen molar-refractivity contribution in [2.24, 2.45) is 5.18 Å². The van der Waals surface area contributed by atoms with E-state index in [0.717, 1.165) is 10.1 Å². The van der Waals surface area contributed by atoms with Gasteiger partial charge in [-0.25, -0.2) is 0 Å². The summed E-state index contributed by atoms with van der Waals surface area (Å²) in [5.74, 6) is -0.300. The van der Waals surface area contributed by atoms with Gasteiger partial charge in [-0.1, -0.05) is 12.1 Å². The number of aromatic amines is 1. The number of anilines is 1. The summed E-state index contributed by atoms with van der Waals surface area (Å²) < 4.78 is 1.19. The van der Waals surface area contributed by atoms with Crippen LogP contribution in [0.3, 0.4) is 0 Å². The molecule has 0 aliphatic carbocycles. The monoisotopic (exact) mass is 319 g/mol. The molecule has 2 rings (SSSR count). The molecule has 2 aromatic rings. The van der Waals surface area contributed by atoms with E-state index in [9.17, 15) is 14.5 Å². The van der Waals surface area contributed by atoms with Crippen molar-refractivity contribution in [3.63, 3.8) is 0 Å². The van der Waals surface area contributed by atoms with E-state index in [1.54, 1.807) is 24.3 Å². The number of hydrogen-bond acceptors (Lipinski definition) is 6. The number of nitrogens with zero attached hydrogens (tertiary/aromatic N) is 2. The fourth-order valence-corrected chi connectivity index (χ4v) is 2.15. The van der Waals surface area contributed by atoms with Gasteiger partial charge in [0.05, 0.1) is 5.69 Å². The van der Waals surface area contributed by atoms with E-state index < -0.39 is 11.2 Å². The van der Waals surface area contributed by atoms with E-state index in [2.05, 4.69) is 15.5 Å². The van der Waals surface area contributed by atoms with Crippen molar-refractivity contribution in [2.75, 3.05) is 5.73 Å². The second-order valence-electron chi connectivity index (χ2n) is 4.50. The van der Waals surface area contributed by atoms with Crippen LogP contribution < -0.4 is 16.6 Å². The van der Waals surface area contributed by atoms with Gasteiger partial charge >= 0.3 is 0 Å². The van der Waals surface area contributed by atoms with Gasteiger partial charge in [0.15, 0.2) is 4.77 Å². The summed E-state index contributed by atoms with van der Waals surface area (Å²) in [6.45, 7) is 1.80. The number of nitroso groups, excluding NO2 is 1. The van der Waals surface area contributed by atoms with E-state index >= 15 is 0 Å². The highest BCUT2D eigenvalue weighted by molar-refractivity contribution is 7.71. The zero-order valence-electron chi connectivity index (χ0n) is 11.6. The summed E-state index contributed by atoms with van der Waals surface area (Å²) >= 11 is 5.06. The predicted octanol–water partition coefficient (Wildman–Crippen LogP) is 1.51. The molecule has 8 nitrogen and oxygen atoms in total. The normalized spacial score (nSPS) is 10.2. The van der Waals surface area contributed by atoms with Crippen molar-refractivity contribution in [1.82, 2.24) is 14.9 Å². The van der Waals surface area contributed by atoms with Crippen LogP contribution in [0.15, 0.2) is 34.2 Å². The van der Waals surface area contributed by atoms with Crippen LogP contribution in [-0.2, 0) is 11.3 Å². The Morgan fingerprint density at radius 3 is 2.59 bits per heavy atom. The number of nitrogens with two attached hydrogens (primary N) is 1. The van der Waals surface area contributed by atoms with Gasteiger partial charge in [-0.2, -0.15) is 0 Å². The highest BCUT2D eigenvalue weighted by Crippen LogP contribution is 2.15. The van der Waals surface area contributed by atoms with E-state index in [1.807, 2.05) is 0 Å². The van der Waals surface area contributed by atoms with Crippen LogP contribution in [0.4, 0.5) is 11.5 Å². The lowest BCUT2D eigenvalue weighted by atomic mass is 10.2. The molecule has 114 valence electrons. The third-order valence-corrected chi connectivity index (χ3v) is 3.22. The number of nitrogens with one attached hydrogen (secondary N) is 2. The molecule has 1 amide bonds. The minimum atomic E-state index is -0.689. The van der Waals surface area contributed by atoms with Crippen molar-refractivity contribution in [3.8, 4) is 5.69 Å². The number of carbonyl (C=O) groups excluding carboxylic acids is 1. The topological polar surface area (TPSA) is 122 Å². The first-order valence-corrected chi connectivity index (χ1v) is 6.66. The fourth-order valence-electron chi connectivity index (χ4n) is 1.86. The van der Waals surface area contributed by atoms with Crippen molar-refractivity contribution in [1.29, 1.82) is 0 Å². The number of H-pyrrole nitrogens is 1. The molecule has 0 spiro atoms. The number of hydrogen-bond donors (Lipinski definition) is 3. The lowest BCUT2D eigenvalue weighted by Gasteiger charge is -2.09. The maximum absolute atomic E-state index is 12.2. The Bertz CT molecular complexity index is 838. The molecule has 0 bridgehead atoms. The smallest absolute Gasteiger partial charge is 0.290 e. The highest BCUT2D eigenvalue weighted by atomic mass is 32.1. The van der Waals surface area contributed by atoms with Gasteiger partial charge in [0.1, 0.15) is 5.82 Å². The number of aromatic nitrogens is 2. The summed E-state index contributed by atoms with van der Waals surface area (Å²) in [4.78, 5) is 36.3. The summed E-state index contributed by atoms with van der Waals surface area (Å²) in [6, 6.07) is 6.76. The minimum Gasteiger partial charge on any atom is -0.383 e. The van der Waals surface area contributed by atoms with Gasteiger partial charge in [-0.05, 0) is 35.1 Å². The Labute approximate surface area is 129 Å². The predicted molar refractivity (Wildman–Crippen MR) is 84.6 cm³/mol. The molecule has 1 heterocycles. The van der Waals surface area contributed by atoms with Gasteiger partial charge in [0.2, 0.25) is 11.6 Å². The molecule has 1 aromatic carbocycles. The molecule has 0 aliphatic heterocycles. The van der Waals surface area contributed by atoms with Crippen LogP contribution in [0, 0.1) is 9.68 Å². The highest BCUT2D eigenvalue weighted by Gasteiger charge is 2.12. The largest absolute Gasteiger partial charge is 0.383 e. The summed E-state index contributed by atoms with van der Waals surface area (Å²) in [6.07, 6.45) is 0. The SMILES string of the molecule is CC(=O)NCc1ccc(-n2c(=S)[nH]c(N)c(N=O)c2=O)cc1. The van der Waals surface area contributed by atoms with Crippen LogP contribution in [0.5, 0.6) is 0 Å². The Morgan fingerprint density at radius 1 is 1.41 bits per heavy atom. The molecule has 0 fully saturated rings. The molecule has 22 heavy (non-hydrogen) atoms. The third-order valence-electron chi connectivity index (χ3n) is 2.93. The molecule has 4 N–H and O–H groups in total. The first-order valence-electron chi connectivity index (χ1n) is 6.26. The zero-order chi connectivity index (χ0) is 16.3. The van der Waals surface area contributed by atoms with E-state index in [1.165, 1.54) is 6.92 Å². The van der Waals surface area contributed by atoms with Gasteiger partial charge in [0.25, 0.3) is 5.56 Å². The van der Waals surface area contributed by atoms with Crippen LogP contribution in [0.2, 0.25) is 0 Å². The average Bonchev–Trinajstić information content (AvgIpc) is 2.46. The van der Waals surface area contributed by atoms with Crippen LogP contribution in [0.1, 0.15) is 12.5 Å². The van der Waals surface area contributed by atoms with E-state index in [-0.39, 0.29) is 16.5 Å². The third kappa shape index (κ3) is 3.09. The Kier molecular flexibility index (Phi) is 4.47. The van der Waals surface area contributed by atoms with Gasteiger partial charge in [-0.15, -0.1) is 4.91 Å². The second-order valence-corrected chi connectivity index (χ2v) is 4.89. The molecule has 0 unspecified atom stereocenters. The Balaban J connectivity index is 2.45. The van der Waals surface area contributed by atoms with Gasteiger partial charge in [-0.3, -0.25) is 14.2 Å². The molecule has 0 saturated carbocycles. The van der Waals surface area contributed by atoms with E-state index in [0.29, 0.717) is 12.2 Å². The number of amides is 1. The summed E-state index contributed by atoms with van der Waals surface area (Å²) in [5, 5.41) is 5.29. The fraction of sp³-hybridized carbons (Fsp3) is 0.154. The van der Waals surface area contributed by atoms with E-state index in [4.69, 9.17) is 18.0 Å². The number of carbonyl (C=O) groups is 1. The molecule has 0 atom stereocenters. The maximum Gasteiger partial charge on any atom is 0.290 e.